The number of fused-ring (bicyclic) bond motifs is 6. The van der Waals surface area contributed by atoms with Crippen molar-refractivity contribution in [2.75, 3.05) is 17.3 Å². The number of nitrogens with zero attached hydrogens (tertiary/aromatic N) is 1. The van der Waals surface area contributed by atoms with Gasteiger partial charge in [-0.3, -0.25) is 14.4 Å². The van der Waals surface area contributed by atoms with Gasteiger partial charge in [-0.15, -0.1) is 0 Å². The SMILES string of the molecule is COc1cccc(C(=O)[C@@H]2[C@H](C(=O)c3ccc(Cl)cc3)N3c4ccccc4C(C)=C[C@@H]3[C@]23C(=O)Nc2ccccc23)c1. The second-order valence-corrected chi connectivity index (χ2v) is 11.4. The smallest absolute Gasteiger partial charge is 0.238 e. The number of hydrogen-bond donors (Lipinski definition) is 1. The molecule has 3 aliphatic heterocycles. The van der Waals surface area contributed by atoms with E-state index < -0.39 is 23.4 Å². The van der Waals surface area contributed by atoms with Crippen LogP contribution in [0.3, 0.4) is 0 Å². The molecular formula is C35H27ClN2O4. The lowest BCUT2D eigenvalue weighted by Gasteiger charge is -2.39. The summed E-state index contributed by atoms with van der Waals surface area (Å²) < 4.78 is 5.44. The minimum Gasteiger partial charge on any atom is -0.497 e. The second kappa shape index (κ2) is 9.71. The number of amides is 1. The summed E-state index contributed by atoms with van der Waals surface area (Å²) in [6.45, 7) is 2.01. The Morgan fingerprint density at radius 3 is 2.40 bits per heavy atom. The Hall–Kier alpha value is -4.68. The molecule has 0 aliphatic carbocycles. The molecule has 0 saturated carbocycles. The number of halogens is 1. The zero-order valence-electron chi connectivity index (χ0n) is 23.0. The quantitative estimate of drug-likeness (QED) is 0.272. The molecule has 0 aromatic heterocycles. The highest BCUT2D eigenvalue weighted by atomic mass is 35.5. The van der Waals surface area contributed by atoms with Crippen LogP contribution in [0.25, 0.3) is 5.57 Å². The number of carbonyl (C=O) groups excluding carboxylic acids is 3. The van der Waals surface area contributed by atoms with E-state index in [1.165, 1.54) is 0 Å². The first kappa shape index (κ1) is 26.2. The van der Waals surface area contributed by atoms with Crippen LogP contribution in [0.15, 0.2) is 103 Å². The molecule has 42 heavy (non-hydrogen) atoms. The van der Waals surface area contributed by atoms with Crippen molar-refractivity contribution in [2.45, 2.75) is 24.4 Å². The first-order valence-electron chi connectivity index (χ1n) is 13.8. The van der Waals surface area contributed by atoms with Gasteiger partial charge in [0.15, 0.2) is 11.6 Å². The number of allylic oxidation sites excluding steroid dienone is 1. The fraction of sp³-hybridized carbons (Fsp3) is 0.171. The summed E-state index contributed by atoms with van der Waals surface area (Å²) in [5.74, 6) is -1.39. The van der Waals surface area contributed by atoms with Gasteiger partial charge in [-0.1, -0.05) is 66.2 Å². The third-order valence-corrected chi connectivity index (χ3v) is 9.17. The fourth-order valence-corrected chi connectivity index (χ4v) is 7.25. The molecular weight excluding hydrogens is 548 g/mol. The predicted octanol–water partition coefficient (Wildman–Crippen LogP) is 6.59. The third-order valence-electron chi connectivity index (χ3n) is 8.92. The predicted molar refractivity (Wildman–Crippen MR) is 163 cm³/mol. The maximum absolute atomic E-state index is 14.9. The Labute approximate surface area is 248 Å². The Morgan fingerprint density at radius 1 is 0.881 bits per heavy atom. The van der Waals surface area contributed by atoms with Crippen LogP contribution in [0.5, 0.6) is 5.75 Å². The van der Waals surface area contributed by atoms with Crippen LogP contribution in [0.4, 0.5) is 11.4 Å². The van der Waals surface area contributed by atoms with E-state index in [2.05, 4.69) is 5.32 Å². The summed E-state index contributed by atoms with van der Waals surface area (Å²) >= 11 is 6.18. The van der Waals surface area contributed by atoms with Crippen molar-refractivity contribution in [1.82, 2.24) is 0 Å². The van der Waals surface area contributed by atoms with Crippen LogP contribution < -0.4 is 15.0 Å². The van der Waals surface area contributed by atoms with E-state index in [4.69, 9.17) is 16.3 Å². The molecule has 1 N–H and O–H groups in total. The largest absolute Gasteiger partial charge is 0.497 e. The number of methoxy groups -OCH3 is 1. The number of hydrogen-bond acceptors (Lipinski definition) is 5. The van der Waals surface area contributed by atoms with Gasteiger partial charge < -0.3 is 15.0 Å². The van der Waals surface area contributed by atoms with Crippen molar-refractivity contribution in [3.63, 3.8) is 0 Å². The molecule has 6 nitrogen and oxygen atoms in total. The van der Waals surface area contributed by atoms with Crippen molar-refractivity contribution < 1.29 is 19.1 Å². The average molecular weight is 575 g/mol. The molecule has 4 aromatic carbocycles. The van der Waals surface area contributed by atoms with E-state index in [1.54, 1.807) is 55.6 Å². The number of nitrogens with one attached hydrogen (secondary N) is 1. The van der Waals surface area contributed by atoms with Crippen molar-refractivity contribution in [3.8, 4) is 5.75 Å². The van der Waals surface area contributed by atoms with Gasteiger partial charge >= 0.3 is 0 Å². The molecule has 7 heteroatoms. The second-order valence-electron chi connectivity index (χ2n) is 11.0. The van der Waals surface area contributed by atoms with Crippen LogP contribution in [0, 0.1) is 5.92 Å². The van der Waals surface area contributed by atoms with Crippen LogP contribution in [-0.4, -0.2) is 36.7 Å². The van der Waals surface area contributed by atoms with Gasteiger partial charge in [-0.2, -0.15) is 0 Å². The molecule has 4 aromatic rings. The fourth-order valence-electron chi connectivity index (χ4n) is 7.13. The number of rotatable bonds is 5. The normalized spacial score (nSPS) is 23.5. The number of Topliss-reactive ketones (excluding diaryl/α,β-unsaturated/α-hetero) is 2. The van der Waals surface area contributed by atoms with Crippen molar-refractivity contribution in [1.29, 1.82) is 0 Å². The maximum atomic E-state index is 14.9. The van der Waals surface area contributed by atoms with Crippen molar-refractivity contribution in [2.24, 2.45) is 5.92 Å². The summed E-state index contributed by atoms with van der Waals surface area (Å²) in [7, 11) is 1.54. The van der Waals surface area contributed by atoms with Gasteiger partial charge in [0, 0.05) is 33.1 Å². The summed E-state index contributed by atoms with van der Waals surface area (Å²) in [6.07, 6.45) is 2.05. The molecule has 208 valence electrons. The average Bonchev–Trinajstić information content (AvgIpc) is 3.49. The highest BCUT2D eigenvalue weighted by Gasteiger charge is 2.70. The molecule has 3 aliphatic rings. The number of para-hydroxylation sites is 2. The monoisotopic (exact) mass is 574 g/mol. The zero-order valence-corrected chi connectivity index (χ0v) is 23.8. The Kier molecular flexibility index (Phi) is 6.06. The van der Waals surface area contributed by atoms with Crippen LogP contribution in [0.1, 0.15) is 38.8 Å². The van der Waals surface area contributed by atoms with E-state index in [9.17, 15) is 14.4 Å². The Bertz CT molecular complexity index is 1810. The van der Waals surface area contributed by atoms with Crippen molar-refractivity contribution >= 4 is 46.0 Å². The molecule has 3 heterocycles. The standard InChI is InChI=1S/C35H27ClN2O4/c1-20-18-29-35(26-11-4-5-12-27(26)37-34(35)41)30(32(39)22-8-7-9-24(19-22)42-2)31(33(40)21-14-16-23(36)17-15-21)38(29)28-13-6-3-10-25(20)28/h3-19,29-31H,1-2H3,(H,37,41)/t29-,30+,31-,35+/m1/s1. The zero-order chi connectivity index (χ0) is 29.2. The van der Waals surface area contributed by atoms with E-state index in [0.29, 0.717) is 33.1 Å². The molecule has 1 spiro atoms. The summed E-state index contributed by atoms with van der Waals surface area (Å²) in [4.78, 5) is 46.1. The third kappa shape index (κ3) is 3.61. The van der Waals surface area contributed by atoms with E-state index in [1.807, 2.05) is 66.4 Å². The van der Waals surface area contributed by atoms with Gasteiger partial charge in [0.1, 0.15) is 17.2 Å². The van der Waals surface area contributed by atoms with Gasteiger partial charge in [-0.05, 0) is 66.6 Å². The van der Waals surface area contributed by atoms with Crippen LogP contribution >= 0.6 is 11.6 Å². The van der Waals surface area contributed by atoms with Crippen LogP contribution in [-0.2, 0) is 10.2 Å². The van der Waals surface area contributed by atoms with Gasteiger partial charge in [0.05, 0.1) is 19.1 Å². The molecule has 4 atom stereocenters. The van der Waals surface area contributed by atoms with Crippen LogP contribution in [0.2, 0.25) is 5.02 Å². The van der Waals surface area contributed by atoms with E-state index >= 15 is 0 Å². The van der Waals surface area contributed by atoms with Crippen molar-refractivity contribution in [3.05, 3.63) is 130 Å². The van der Waals surface area contributed by atoms with Gasteiger partial charge in [-0.25, -0.2) is 0 Å². The first-order chi connectivity index (χ1) is 20.4. The number of carbonyl (C=O) groups is 3. The molecule has 1 fully saturated rings. The molecule has 0 bridgehead atoms. The summed E-state index contributed by atoms with van der Waals surface area (Å²) in [5, 5.41) is 3.57. The molecule has 0 radical (unpaired) electrons. The van der Waals surface area contributed by atoms with E-state index in [-0.39, 0.29) is 17.5 Å². The number of benzene rings is 4. The maximum Gasteiger partial charge on any atom is 0.238 e. The molecule has 1 saturated heterocycles. The summed E-state index contributed by atoms with van der Waals surface area (Å²) in [5.41, 5.74) is 3.52. The highest BCUT2D eigenvalue weighted by Crippen LogP contribution is 2.58. The van der Waals surface area contributed by atoms with E-state index in [0.717, 1.165) is 16.8 Å². The lowest BCUT2D eigenvalue weighted by Crippen LogP contribution is -2.51. The molecule has 0 unspecified atom stereocenters. The molecule has 7 rings (SSSR count). The number of ether oxygens (including phenoxy) is 1. The number of anilines is 2. The highest BCUT2D eigenvalue weighted by molar-refractivity contribution is 6.30. The first-order valence-corrected chi connectivity index (χ1v) is 14.2. The lowest BCUT2D eigenvalue weighted by atomic mass is 9.64. The molecule has 1 amide bonds. The summed E-state index contributed by atoms with van der Waals surface area (Å²) in [6, 6.07) is 27.3. The van der Waals surface area contributed by atoms with Gasteiger partial charge in [0.25, 0.3) is 0 Å². The lowest BCUT2D eigenvalue weighted by molar-refractivity contribution is -0.121. The number of ketones is 2. The minimum atomic E-state index is -1.38. The van der Waals surface area contributed by atoms with Gasteiger partial charge in [0.2, 0.25) is 5.91 Å². The Morgan fingerprint density at radius 2 is 1.62 bits per heavy atom. The minimum absolute atomic E-state index is 0.255. The topological polar surface area (TPSA) is 75.7 Å². The Balaban J connectivity index is 1.55.